The number of hydrogen-bond acceptors (Lipinski definition) is 6. The van der Waals surface area contributed by atoms with Gasteiger partial charge in [0.15, 0.2) is 5.13 Å². The van der Waals surface area contributed by atoms with Gasteiger partial charge in [0, 0.05) is 67.3 Å². The predicted molar refractivity (Wildman–Crippen MR) is 132 cm³/mol. The lowest BCUT2D eigenvalue weighted by Gasteiger charge is -2.39. The van der Waals surface area contributed by atoms with Crippen LogP contribution < -0.4 is 10.6 Å². The number of nitrogens with two attached hydrogens (primary N) is 1. The van der Waals surface area contributed by atoms with Gasteiger partial charge in [0.2, 0.25) is 0 Å². The molecule has 0 amide bonds. The van der Waals surface area contributed by atoms with E-state index in [0.29, 0.717) is 6.04 Å². The summed E-state index contributed by atoms with van der Waals surface area (Å²) in [6, 6.07) is 6.96. The molecule has 166 valence electrons. The molecule has 1 unspecified atom stereocenters. The van der Waals surface area contributed by atoms with E-state index in [9.17, 15) is 0 Å². The lowest BCUT2D eigenvalue weighted by atomic mass is 9.96. The van der Waals surface area contributed by atoms with E-state index in [0.717, 1.165) is 85.4 Å². The Bertz CT molecular complexity index is 1040. The third-order valence-electron chi connectivity index (χ3n) is 6.92. The Labute approximate surface area is 193 Å². The Morgan fingerprint density at radius 1 is 1.26 bits per heavy atom. The summed E-state index contributed by atoms with van der Waals surface area (Å²) < 4.78 is 0. The van der Waals surface area contributed by atoms with Crippen LogP contribution in [0.15, 0.2) is 24.4 Å². The number of H-pyrrole nitrogens is 1. The number of rotatable bonds is 6. The Balaban J connectivity index is 1.14. The summed E-state index contributed by atoms with van der Waals surface area (Å²) in [6.07, 6.45) is 5.31. The van der Waals surface area contributed by atoms with E-state index in [4.69, 9.17) is 17.3 Å². The van der Waals surface area contributed by atoms with E-state index in [1.165, 1.54) is 17.0 Å². The second kappa shape index (κ2) is 8.98. The highest BCUT2D eigenvalue weighted by Crippen LogP contribution is 2.34. The quantitative estimate of drug-likeness (QED) is 0.587. The minimum absolute atomic E-state index is 0.616. The number of benzene rings is 1. The molecule has 0 bridgehead atoms. The normalized spacial score (nSPS) is 20.0. The van der Waals surface area contributed by atoms with Gasteiger partial charge >= 0.3 is 0 Å². The van der Waals surface area contributed by atoms with Crippen molar-refractivity contribution in [2.45, 2.75) is 32.2 Å². The average molecular weight is 459 g/mol. The number of piperazine rings is 1. The number of aromatic nitrogens is 2. The molecule has 3 N–H and O–H groups in total. The number of anilines is 2. The summed E-state index contributed by atoms with van der Waals surface area (Å²) in [4.78, 5) is 16.8. The first-order valence-corrected chi connectivity index (χ1v) is 12.5. The largest absolute Gasteiger partial charge is 0.375 e. The molecule has 1 aliphatic carbocycles. The zero-order valence-electron chi connectivity index (χ0n) is 18.1. The first-order valence-electron chi connectivity index (χ1n) is 11.3. The van der Waals surface area contributed by atoms with Crippen LogP contribution in [0, 0.1) is 0 Å². The number of aromatic amines is 1. The zero-order chi connectivity index (χ0) is 21.4. The summed E-state index contributed by atoms with van der Waals surface area (Å²) in [7, 11) is 0. The summed E-state index contributed by atoms with van der Waals surface area (Å²) in [5, 5.41) is 2.70. The fraction of sp³-hybridized carbons (Fsp3) is 0.522. The van der Waals surface area contributed by atoms with Crippen LogP contribution >= 0.6 is 22.9 Å². The molecule has 3 heterocycles. The second-order valence-electron chi connectivity index (χ2n) is 8.61. The lowest BCUT2D eigenvalue weighted by molar-refractivity contribution is 0.152. The molecule has 6 nitrogen and oxygen atoms in total. The maximum absolute atomic E-state index is 6.70. The second-order valence-corrected chi connectivity index (χ2v) is 10.1. The SMILES string of the molecule is CCN(CCN1CCN(c2ccc3[nH]ccc3c2Cl)CC1)C1CCc2nc(N)sc2C1. The molecule has 1 atom stereocenters. The van der Waals surface area contributed by atoms with Gasteiger partial charge in [0.25, 0.3) is 0 Å². The number of aryl methyl sites for hydroxylation is 1. The molecule has 0 radical (unpaired) electrons. The summed E-state index contributed by atoms with van der Waals surface area (Å²) in [6.45, 7) is 9.84. The topological polar surface area (TPSA) is 64.4 Å². The minimum atomic E-state index is 0.616. The highest BCUT2D eigenvalue weighted by molar-refractivity contribution is 7.15. The minimum Gasteiger partial charge on any atom is -0.375 e. The summed E-state index contributed by atoms with van der Waals surface area (Å²) in [5.74, 6) is 0. The van der Waals surface area contributed by atoms with Gasteiger partial charge in [-0.25, -0.2) is 4.98 Å². The number of nitrogens with zero attached hydrogens (tertiary/aromatic N) is 4. The summed E-state index contributed by atoms with van der Waals surface area (Å²) in [5.41, 5.74) is 9.42. The van der Waals surface area contributed by atoms with Crippen molar-refractivity contribution in [2.75, 3.05) is 56.4 Å². The fourth-order valence-corrected chi connectivity index (χ4v) is 6.40. The Kier molecular flexibility index (Phi) is 6.10. The molecule has 2 aliphatic rings. The first-order chi connectivity index (χ1) is 15.1. The number of fused-ring (bicyclic) bond motifs is 2. The molecule has 8 heteroatoms. The molecule has 5 rings (SSSR count). The molecule has 1 aliphatic heterocycles. The van der Waals surface area contributed by atoms with Crippen LogP contribution in [0.2, 0.25) is 5.02 Å². The van der Waals surface area contributed by atoms with Crippen molar-refractivity contribution < 1.29 is 0 Å². The maximum atomic E-state index is 6.70. The van der Waals surface area contributed by atoms with Crippen molar-refractivity contribution >= 4 is 44.7 Å². The van der Waals surface area contributed by atoms with E-state index in [2.05, 4.69) is 49.8 Å². The van der Waals surface area contributed by atoms with Crippen molar-refractivity contribution in [1.82, 2.24) is 19.8 Å². The number of halogens is 1. The van der Waals surface area contributed by atoms with E-state index in [-0.39, 0.29) is 0 Å². The molecule has 0 spiro atoms. The molecule has 1 fully saturated rings. The monoisotopic (exact) mass is 458 g/mol. The lowest BCUT2D eigenvalue weighted by Crippen LogP contribution is -2.50. The van der Waals surface area contributed by atoms with Gasteiger partial charge < -0.3 is 15.6 Å². The molecule has 0 saturated carbocycles. The molecule has 1 saturated heterocycles. The van der Waals surface area contributed by atoms with E-state index >= 15 is 0 Å². The predicted octanol–water partition coefficient (Wildman–Crippen LogP) is 3.86. The van der Waals surface area contributed by atoms with Gasteiger partial charge in [0.05, 0.1) is 16.4 Å². The standard InChI is InChI=1S/C23H31ClN6S/c1-2-29(16-3-4-19-21(15-16)31-23(25)27-19)12-9-28-10-13-30(14-11-28)20-6-5-18-17(22(20)24)7-8-26-18/h5-8,16,26H,2-4,9-15H2,1H3,(H2,25,27). The van der Waals surface area contributed by atoms with Gasteiger partial charge in [-0.3, -0.25) is 9.80 Å². The van der Waals surface area contributed by atoms with Crippen molar-refractivity contribution in [2.24, 2.45) is 0 Å². The van der Waals surface area contributed by atoms with Gasteiger partial charge in [-0.05, 0) is 44.0 Å². The van der Waals surface area contributed by atoms with Crippen molar-refractivity contribution in [3.63, 3.8) is 0 Å². The van der Waals surface area contributed by atoms with Crippen molar-refractivity contribution in [1.29, 1.82) is 0 Å². The third kappa shape index (κ3) is 4.29. The molecule has 2 aromatic heterocycles. The van der Waals surface area contributed by atoms with Crippen LogP contribution in [0.4, 0.5) is 10.8 Å². The Morgan fingerprint density at radius 2 is 2.10 bits per heavy atom. The fourth-order valence-electron chi connectivity index (χ4n) is 5.10. The number of thiazole rings is 1. The number of hydrogen-bond donors (Lipinski definition) is 2. The van der Waals surface area contributed by atoms with Gasteiger partial charge in [-0.15, -0.1) is 11.3 Å². The van der Waals surface area contributed by atoms with E-state index < -0.39 is 0 Å². The number of likely N-dealkylation sites (N-methyl/N-ethyl adjacent to an activating group) is 1. The van der Waals surface area contributed by atoms with Crippen LogP contribution in [0.1, 0.15) is 23.9 Å². The van der Waals surface area contributed by atoms with E-state index in [1.54, 1.807) is 11.3 Å². The van der Waals surface area contributed by atoms with Crippen LogP contribution in [0.5, 0.6) is 0 Å². The highest BCUT2D eigenvalue weighted by Gasteiger charge is 2.27. The van der Waals surface area contributed by atoms with Crippen LogP contribution in [0.25, 0.3) is 10.9 Å². The highest BCUT2D eigenvalue weighted by atomic mass is 35.5. The van der Waals surface area contributed by atoms with Crippen LogP contribution in [-0.4, -0.2) is 71.6 Å². The van der Waals surface area contributed by atoms with Crippen LogP contribution in [0.3, 0.4) is 0 Å². The number of nitrogens with one attached hydrogen (secondary N) is 1. The van der Waals surface area contributed by atoms with Crippen molar-refractivity contribution in [3.05, 3.63) is 40.0 Å². The molecule has 3 aromatic rings. The zero-order valence-corrected chi connectivity index (χ0v) is 19.7. The molecule has 1 aromatic carbocycles. The average Bonchev–Trinajstić information content (AvgIpc) is 3.41. The Morgan fingerprint density at radius 3 is 2.90 bits per heavy atom. The van der Waals surface area contributed by atoms with Crippen molar-refractivity contribution in [3.8, 4) is 0 Å². The molecular formula is C23H31ClN6S. The number of nitrogen functional groups attached to an aromatic ring is 1. The van der Waals surface area contributed by atoms with Crippen LogP contribution in [-0.2, 0) is 12.8 Å². The van der Waals surface area contributed by atoms with Gasteiger partial charge in [-0.2, -0.15) is 0 Å². The van der Waals surface area contributed by atoms with Gasteiger partial charge in [-0.1, -0.05) is 18.5 Å². The smallest absolute Gasteiger partial charge is 0.180 e. The van der Waals surface area contributed by atoms with E-state index in [1.807, 2.05) is 6.20 Å². The first kappa shape index (κ1) is 21.1. The Hall–Kier alpha value is -1.80. The summed E-state index contributed by atoms with van der Waals surface area (Å²) >= 11 is 8.38. The maximum Gasteiger partial charge on any atom is 0.180 e. The molecule has 31 heavy (non-hydrogen) atoms. The molecular weight excluding hydrogens is 428 g/mol. The third-order valence-corrected chi connectivity index (χ3v) is 8.26. The van der Waals surface area contributed by atoms with Gasteiger partial charge in [0.1, 0.15) is 0 Å².